The van der Waals surface area contributed by atoms with E-state index < -0.39 is 5.97 Å². The summed E-state index contributed by atoms with van der Waals surface area (Å²) in [5.41, 5.74) is 11.6. The molecule has 0 amide bonds. The van der Waals surface area contributed by atoms with Crippen LogP contribution in [-0.4, -0.2) is 58.6 Å². The standard InChI is InChI=1S/C40H53FN4O2/c1-27-21-33(41)10-9-31(27)24-44-16-11-29-22-30(7-8-32(29)25-44)37-35(26-43-17-12-39(3,4)13-18-43)42-28(2)34(23-36(46)47)38(37)45-19-14-40(5,6)15-20-45/h7-10,21-22H,11-20,23-26H2,1-6H3,(H,46,47). The van der Waals surface area contributed by atoms with Gasteiger partial charge < -0.3 is 10.0 Å². The molecule has 2 aromatic carbocycles. The summed E-state index contributed by atoms with van der Waals surface area (Å²) in [7, 11) is 0. The molecule has 7 heteroatoms. The summed E-state index contributed by atoms with van der Waals surface area (Å²) in [5.74, 6) is -0.997. The normalized spacial score (nSPS) is 19.9. The summed E-state index contributed by atoms with van der Waals surface area (Å²) in [6.45, 7) is 20.7. The Hall–Kier alpha value is -3.29. The van der Waals surface area contributed by atoms with Gasteiger partial charge in [-0.25, -0.2) is 4.39 Å². The minimum atomic E-state index is -0.813. The number of hydrogen-bond donors (Lipinski definition) is 1. The Balaban J connectivity index is 1.39. The predicted octanol–water partition coefficient (Wildman–Crippen LogP) is 7.94. The van der Waals surface area contributed by atoms with Crippen molar-refractivity contribution in [2.24, 2.45) is 10.8 Å². The van der Waals surface area contributed by atoms with E-state index >= 15 is 0 Å². The highest BCUT2D eigenvalue weighted by molar-refractivity contribution is 5.87. The third-order valence-electron chi connectivity index (χ3n) is 11.2. The van der Waals surface area contributed by atoms with Crippen molar-refractivity contribution >= 4 is 11.7 Å². The number of carbonyl (C=O) groups is 1. The first kappa shape index (κ1) is 33.6. The van der Waals surface area contributed by atoms with E-state index in [0.717, 1.165) is 111 Å². The van der Waals surface area contributed by atoms with E-state index in [1.54, 1.807) is 12.1 Å². The number of fused-ring (bicyclic) bond motifs is 1. The van der Waals surface area contributed by atoms with Crippen LogP contribution in [0.25, 0.3) is 11.1 Å². The van der Waals surface area contributed by atoms with E-state index in [1.165, 1.54) is 29.5 Å². The fourth-order valence-electron chi connectivity index (χ4n) is 7.76. The Kier molecular flexibility index (Phi) is 9.52. The SMILES string of the molecule is Cc1cc(F)ccc1CN1CCc2cc(-c3c(CN4CCC(C)(C)CC4)nc(C)c(CC(=O)O)c3N3CCC(C)(C)CC3)ccc2C1. The Morgan fingerprint density at radius 3 is 2.19 bits per heavy atom. The van der Waals surface area contributed by atoms with Crippen LogP contribution in [0, 0.1) is 30.5 Å². The molecule has 4 heterocycles. The summed E-state index contributed by atoms with van der Waals surface area (Å²) in [6.07, 6.45) is 5.39. The largest absolute Gasteiger partial charge is 0.481 e. The molecule has 3 aliphatic heterocycles. The quantitative estimate of drug-likeness (QED) is 0.270. The molecule has 0 bridgehead atoms. The van der Waals surface area contributed by atoms with Crippen molar-refractivity contribution in [3.8, 4) is 11.1 Å². The van der Waals surface area contributed by atoms with Crippen LogP contribution in [-0.2, 0) is 37.3 Å². The highest BCUT2D eigenvalue weighted by Gasteiger charge is 2.33. The second-order valence-electron chi connectivity index (χ2n) is 16.0. The van der Waals surface area contributed by atoms with Crippen molar-refractivity contribution in [1.29, 1.82) is 0 Å². The van der Waals surface area contributed by atoms with E-state index in [-0.39, 0.29) is 17.7 Å². The lowest BCUT2D eigenvalue weighted by Gasteiger charge is -2.41. The van der Waals surface area contributed by atoms with Gasteiger partial charge in [-0.05, 0) is 110 Å². The van der Waals surface area contributed by atoms with Gasteiger partial charge in [0.2, 0.25) is 0 Å². The first-order chi connectivity index (χ1) is 22.3. The second-order valence-corrected chi connectivity index (χ2v) is 16.0. The third-order valence-corrected chi connectivity index (χ3v) is 11.2. The summed E-state index contributed by atoms with van der Waals surface area (Å²) in [6, 6.07) is 12.0. The van der Waals surface area contributed by atoms with E-state index in [2.05, 4.69) is 60.6 Å². The smallest absolute Gasteiger partial charge is 0.307 e. The van der Waals surface area contributed by atoms with Crippen molar-refractivity contribution in [3.05, 3.63) is 81.4 Å². The number of halogens is 1. The van der Waals surface area contributed by atoms with Crippen LogP contribution in [0.5, 0.6) is 0 Å². The van der Waals surface area contributed by atoms with Crippen LogP contribution in [0.4, 0.5) is 10.1 Å². The molecule has 2 fully saturated rings. The highest BCUT2D eigenvalue weighted by atomic mass is 19.1. The van der Waals surface area contributed by atoms with E-state index in [1.807, 2.05) is 19.9 Å². The lowest BCUT2D eigenvalue weighted by molar-refractivity contribution is -0.136. The number of likely N-dealkylation sites (tertiary alicyclic amines) is 1. The summed E-state index contributed by atoms with van der Waals surface area (Å²) >= 11 is 0. The number of aromatic nitrogens is 1. The maximum absolute atomic E-state index is 13.7. The summed E-state index contributed by atoms with van der Waals surface area (Å²) in [5, 5.41) is 10.1. The number of aryl methyl sites for hydroxylation is 2. The maximum atomic E-state index is 13.7. The van der Waals surface area contributed by atoms with Crippen molar-refractivity contribution in [2.45, 2.75) is 99.7 Å². The van der Waals surface area contributed by atoms with Gasteiger partial charge in [0.05, 0.1) is 17.8 Å². The summed E-state index contributed by atoms with van der Waals surface area (Å²) < 4.78 is 13.7. The number of anilines is 1. The van der Waals surface area contributed by atoms with Crippen molar-refractivity contribution in [3.63, 3.8) is 0 Å². The van der Waals surface area contributed by atoms with Gasteiger partial charge in [-0.3, -0.25) is 19.6 Å². The molecule has 0 unspecified atom stereocenters. The molecule has 0 atom stereocenters. The minimum absolute atomic E-state index is 0.0258. The van der Waals surface area contributed by atoms with Gasteiger partial charge in [-0.1, -0.05) is 52.0 Å². The number of hydrogen-bond acceptors (Lipinski definition) is 5. The van der Waals surface area contributed by atoms with Gasteiger partial charge >= 0.3 is 5.97 Å². The zero-order valence-electron chi connectivity index (χ0n) is 29.4. The molecule has 1 N–H and O–H groups in total. The molecule has 252 valence electrons. The number of nitrogens with zero attached hydrogens (tertiary/aromatic N) is 4. The minimum Gasteiger partial charge on any atom is -0.481 e. The fourth-order valence-corrected chi connectivity index (χ4v) is 7.76. The number of benzene rings is 2. The van der Waals surface area contributed by atoms with Crippen LogP contribution in [0.15, 0.2) is 36.4 Å². The van der Waals surface area contributed by atoms with Gasteiger partial charge in [-0.15, -0.1) is 0 Å². The zero-order valence-corrected chi connectivity index (χ0v) is 29.4. The number of pyridine rings is 1. The van der Waals surface area contributed by atoms with Gasteiger partial charge in [0.1, 0.15) is 5.82 Å². The number of piperidine rings is 2. The van der Waals surface area contributed by atoms with E-state index in [0.29, 0.717) is 5.41 Å². The molecule has 0 radical (unpaired) electrons. The van der Waals surface area contributed by atoms with E-state index in [9.17, 15) is 14.3 Å². The first-order valence-corrected chi connectivity index (χ1v) is 17.6. The summed E-state index contributed by atoms with van der Waals surface area (Å²) in [4.78, 5) is 25.0. The number of rotatable bonds is 8. The molecule has 47 heavy (non-hydrogen) atoms. The van der Waals surface area contributed by atoms with Gasteiger partial charge in [0.15, 0.2) is 0 Å². The van der Waals surface area contributed by atoms with Gasteiger partial charge in [0, 0.05) is 56.1 Å². The number of carboxylic acids is 1. The monoisotopic (exact) mass is 640 g/mol. The molecule has 3 aliphatic rings. The molecule has 1 aromatic heterocycles. The maximum Gasteiger partial charge on any atom is 0.307 e. The lowest BCUT2D eigenvalue weighted by Crippen LogP contribution is -2.39. The van der Waals surface area contributed by atoms with Crippen LogP contribution in [0.2, 0.25) is 0 Å². The van der Waals surface area contributed by atoms with Crippen molar-refractivity contribution in [2.75, 3.05) is 37.6 Å². The second kappa shape index (κ2) is 13.3. The number of aliphatic carboxylic acids is 1. The Labute approximate surface area is 281 Å². The van der Waals surface area contributed by atoms with Crippen LogP contribution < -0.4 is 4.90 Å². The van der Waals surface area contributed by atoms with E-state index in [4.69, 9.17) is 4.98 Å². The Morgan fingerprint density at radius 1 is 0.851 bits per heavy atom. The fraction of sp³-hybridized carbons (Fsp3) is 0.550. The molecular formula is C40H53FN4O2. The zero-order chi connectivity index (χ0) is 33.5. The molecule has 0 spiro atoms. The van der Waals surface area contributed by atoms with Crippen LogP contribution in [0.1, 0.15) is 92.6 Å². The average molecular weight is 641 g/mol. The molecule has 0 aliphatic carbocycles. The highest BCUT2D eigenvalue weighted by Crippen LogP contribution is 2.43. The Morgan fingerprint density at radius 2 is 1.53 bits per heavy atom. The average Bonchev–Trinajstić information content (AvgIpc) is 3.00. The molecule has 3 aromatic rings. The molecule has 0 saturated carbocycles. The van der Waals surface area contributed by atoms with Crippen LogP contribution >= 0.6 is 0 Å². The van der Waals surface area contributed by atoms with Gasteiger partial charge in [-0.2, -0.15) is 0 Å². The molecular weight excluding hydrogens is 587 g/mol. The third kappa shape index (κ3) is 7.73. The number of carboxylic acid groups (broad SMARTS) is 1. The van der Waals surface area contributed by atoms with Crippen molar-refractivity contribution in [1.82, 2.24) is 14.8 Å². The van der Waals surface area contributed by atoms with Gasteiger partial charge in [0.25, 0.3) is 0 Å². The lowest BCUT2D eigenvalue weighted by atomic mass is 9.81. The Bertz CT molecular complexity index is 1630. The molecule has 6 nitrogen and oxygen atoms in total. The topological polar surface area (TPSA) is 59.9 Å². The predicted molar refractivity (Wildman–Crippen MR) is 188 cm³/mol. The molecule has 2 saturated heterocycles. The van der Waals surface area contributed by atoms with Crippen LogP contribution in [0.3, 0.4) is 0 Å². The molecule has 6 rings (SSSR count). The first-order valence-electron chi connectivity index (χ1n) is 17.6. The van der Waals surface area contributed by atoms with Crippen molar-refractivity contribution < 1.29 is 14.3 Å².